The van der Waals surface area contributed by atoms with Crippen LogP contribution in [-0.4, -0.2) is 36.3 Å². The molecule has 0 bridgehead atoms. The summed E-state index contributed by atoms with van der Waals surface area (Å²) in [7, 11) is 0. The van der Waals surface area contributed by atoms with Gasteiger partial charge in [-0.05, 0) is 18.2 Å². The first-order valence-electron chi connectivity index (χ1n) is 8.32. The number of hydrogen-bond acceptors (Lipinski definition) is 3. The van der Waals surface area contributed by atoms with E-state index in [-0.39, 0.29) is 43.0 Å². The van der Waals surface area contributed by atoms with Crippen molar-refractivity contribution in [1.82, 2.24) is 10.2 Å². The summed E-state index contributed by atoms with van der Waals surface area (Å²) < 4.78 is 27.6. The summed E-state index contributed by atoms with van der Waals surface area (Å²) in [4.78, 5) is 26.2. The van der Waals surface area contributed by atoms with Gasteiger partial charge in [0.05, 0.1) is 11.6 Å². The van der Waals surface area contributed by atoms with Crippen molar-refractivity contribution in [1.29, 1.82) is 0 Å². The highest BCUT2D eigenvalue weighted by Crippen LogP contribution is 2.16. The number of nitrogens with one attached hydrogen (secondary N) is 2. The van der Waals surface area contributed by atoms with E-state index in [0.717, 1.165) is 0 Å². The Labute approximate surface area is 162 Å². The molecule has 8 heteroatoms. The average Bonchev–Trinajstić information content (AvgIpc) is 2.56. The Hall–Kier alpha value is -2.51. The van der Waals surface area contributed by atoms with Crippen LogP contribution in [0.3, 0.4) is 0 Å². The predicted molar refractivity (Wildman–Crippen MR) is 100 cm³/mol. The normalized spacial score (nSPS) is 13.3. The lowest BCUT2D eigenvalue weighted by Gasteiger charge is -2.32. The van der Waals surface area contributed by atoms with E-state index in [1.165, 1.54) is 29.2 Å². The third-order valence-corrected chi connectivity index (χ3v) is 4.24. The highest BCUT2D eigenvalue weighted by atomic mass is 35.5. The summed E-state index contributed by atoms with van der Waals surface area (Å²) in [6.45, 7) is 0.758. The molecule has 0 radical (unpaired) electrons. The topological polar surface area (TPSA) is 61.4 Å². The van der Waals surface area contributed by atoms with E-state index in [2.05, 4.69) is 10.6 Å². The molecule has 2 N–H and O–H groups in total. The Morgan fingerprint density at radius 1 is 1.04 bits per heavy atom. The molecule has 0 atom stereocenters. The molecule has 2 amide bonds. The molecule has 3 rings (SSSR count). The van der Waals surface area contributed by atoms with Crippen LogP contribution in [0.1, 0.15) is 5.56 Å². The molecule has 2 aromatic rings. The molecule has 0 spiro atoms. The van der Waals surface area contributed by atoms with Gasteiger partial charge < -0.3 is 15.5 Å². The summed E-state index contributed by atoms with van der Waals surface area (Å²) in [5.41, 5.74) is 0.368. The quantitative estimate of drug-likeness (QED) is 0.790. The molecule has 0 aliphatic carbocycles. The van der Waals surface area contributed by atoms with Gasteiger partial charge in [0.1, 0.15) is 18.2 Å². The third kappa shape index (κ3) is 5.24. The zero-order valence-corrected chi connectivity index (χ0v) is 15.3. The SMILES string of the molecule is Cl.O=C(CN(Cc1ccccc1F)C(=O)C1CNC1)Nc1ccccc1F. The van der Waals surface area contributed by atoms with Crippen molar-refractivity contribution in [2.75, 3.05) is 25.0 Å². The monoisotopic (exact) mass is 395 g/mol. The second-order valence-electron chi connectivity index (χ2n) is 6.17. The van der Waals surface area contributed by atoms with Gasteiger partial charge >= 0.3 is 0 Å². The lowest BCUT2D eigenvalue weighted by atomic mass is 10.0. The van der Waals surface area contributed by atoms with Crippen LogP contribution in [0, 0.1) is 17.6 Å². The lowest BCUT2D eigenvalue weighted by molar-refractivity contribution is -0.140. The van der Waals surface area contributed by atoms with Crippen molar-refractivity contribution < 1.29 is 18.4 Å². The number of nitrogens with zero attached hydrogens (tertiary/aromatic N) is 1. The van der Waals surface area contributed by atoms with Gasteiger partial charge in [-0.3, -0.25) is 9.59 Å². The van der Waals surface area contributed by atoms with Crippen molar-refractivity contribution in [3.05, 3.63) is 65.7 Å². The van der Waals surface area contributed by atoms with Crippen LogP contribution in [0.15, 0.2) is 48.5 Å². The first-order chi connectivity index (χ1) is 12.5. The van der Waals surface area contributed by atoms with Gasteiger partial charge in [-0.15, -0.1) is 12.4 Å². The Balaban J connectivity index is 0.00000261. The molecular weight excluding hydrogens is 376 g/mol. The third-order valence-electron chi connectivity index (χ3n) is 4.24. The number of halogens is 3. The number of carbonyl (C=O) groups is 2. The second kappa shape index (κ2) is 9.43. The first-order valence-corrected chi connectivity index (χ1v) is 8.32. The summed E-state index contributed by atoms with van der Waals surface area (Å²) >= 11 is 0. The Morgan fingerprint density at radius 2 is 1.67 bits per heavy atom. The smallest absolute Gasteiger partial charge is 0.244 e. The van der Waals surface area contributed by atoms with Crippen LogP contribution in [0.5, 0.6) is 0 Å². The molecule has 1 saturated heterocycles. The zero-order valence-electron chi connectivity index (χ0n) is 14.5. The van der Waals surface area contributed by atoms with Gasteiger partial charge in [-0.1, -0.05) is 30.3 Å². The molecule has 1 heterocycles. The van der Waals surface area contributed by atoms with Gasteiger partial charge in [0, 0.05) is 25.2 Å². The molecular formula is C19H20ClF2N3O2. The van der Waals surface area contributed by atoms with E-state index in [4.69, 9.17) is 0 Å². The summed E-state index contributed by atoms with van der Waals surface area (Å²) in [6.07, 6.45) is 0. The fraction of sp³-hybridized carbons (Fsp3) is 0.263. The largest absolute Gasteiger partial charge is 0.329 e. The van der Waals surface area contributed by atoms with Gasteiger partial charge in [-0.25, -0.2) is 8.78 Å². The molecule has 27 heavy (non-hydrogen) atoms. The molecule has 0 saturated carbocycles. The number of rotatable bonds is 6. The van der Waals surface area contributed by atoms with Gasteiger partial charge in [0.25, 0.3) is 0 Å². The lowest BCUT2D eigenvalue weighted by Crippen LogP contribution is -2.53. The van der Waals surface area contributed by atoms with Gasteiger partial charge in [-0.2, -0.15) is 0 Å². The molecule has 2 aromatic carbocycles. The van der Waals surface area contributed by atoms with Crippen LogP contribution in [0.2, 0.25) is 0 Å². The highest BCUT2D eigenvalue weighted by Gasteiger charge is 2.30. The fourth-order valence-corrected chi connectivity index (χ4v) is 2.69. The van der Waals surface area contributed by atoms with Crippen LogP contribution in [0.25, 0.3) is 0 Å². The number of anilines is 1. The van der Waals surface area contributed by atoms with E-state index in [0.29, 0.717) is 18.7 Å². The van der Waals surface area contributed by atoms with Crippen LogP contribution >= 0.6 is 12.4 Å². The van der Waals surface area contributed by atoms with Crippen LogP contribution in [-0.2, 0) is 16.1 Å². The van der Waals surface area contributed by atoms with Crippen molar-refractivity contribution in [3.63, 3.8) is 0 Å². The number of amides is 2. The maximum Gasteiger partial charge on any atom is 0.244 e. The van der Waals surface area contributed by atoms with E-state index in [1.54, 1.807) is 24.3 Å². The predicted octanol–water partition coefficient (Wildman–Crippen LogP) is 2.57. The Kier molecular flexibility index (Phi) is 7.27. The summed E-state index contributed by atoms with van der Waals surface area (Å²) in [6, 6.07) is 11.9. The molecule has 0 unspecified atom stereocenters. The number of para-hydroxylation sites is 1. The van der Waals surface area contributed by atoms with Crippen molar-refractivity contribution in [3.8, 4) is 0 Å². The minimum atomic E-state index is -0.559. The minimum absolute atomic E-state index is 0. The maximum absolute atomic E-state index is 13.9. The van der Waals surface area contributed by atoms with Gasteiger partial charge in [0.2, 0.25) is 11.8 Å². The summed E-state index contributed by atoms with van der Waals surface area (Å²) in [5.74, 6) is -1.99. The van der Waals surface area contributed by atoms with Gasteiger partial charge in [0.15, 0.2) is 0 Å². The van der Waals surface area contributed by atoms with E-state index >= 15 is 0 Å². The van der Waals surface area contributed by atoms with Crippen LogP contribution in [0.4, 0.5) is 14.5 Å². The molecule has 0 aromatic heterocycles. The maximum atomic E-state index is 13.9. The Morgan fingerprint density at radius 3 is 2.26 bits per heavy atom. The molecule has 1 aliphatic heterocycles. The van der Waals surface area contributed by atoms with Crippen molar-refractivity contribution >= 4 is 29.9 Å². The standard InChI is InChI=1S/C19H19F2N3O2.ClH/c20-15-6-2-1-5-13(15)11-24(19(26)14-9-22-10-14)12-18(25)23-17-8-4-3-7-16(17)21;/h1-8,14,22H,9-12H2,(H,23,25);1H. The second-order valence-corrected chi connectivity index (χ2v) is 6.17. The Bertz CT molecular complexity index is 815. The van der Waals surface area contributed by atoms with Crippen molar-refractivity contribution in [2.45, 2.75) is 6.54 Å². The minimum Gasteiger partial charge on any atom is -0.329 e. The average molecular weight is 396 g/mol. The van der Waals surface area contributed by atoms with Crippen LogP contribution < -0.4 is 10.6 Å². The summed E-state index contributed by atoms with van der Waals surface area (Å²) in [5, 5.41) is 5.45. The zero-order chi connectivity index (χ0) is 18.5. The molecule has 5 nitrogen and oxygen atoms in total. The number of hydrogen-bond donors (Lipinski definition) is 2. The highest BCUT2D eigenvalue weighted by molar-refractivity contribution is 5.95. The fourth-order valence-electron chi connectivity index (χ4n) is 2.69. The molecule has 1 fully saturated rings. The van der Waals surface area contributed by atoms with E-state index < -0.39 is 17.5 Å². The molecule has 144 valence electrons. The number of benzene rings is 2. The number of carbonyl (C=O) groups excluding carboxylic acids is 2. The van der Waals surface area contributed by atoms with E-state index in [9.17, 15) is 18.4 Å². The molecule has 1 aliphatic rings. The van der Waals surface area contributed by atoms with E-state index in [1.807, 2.05) is 0 Å². The van der Waals surface area contributed by atoms with Crippen molar-refractivity contribution in [2.24, 2.45) is 5.92 Å². The first kappa shape index (κ1) is 20.8.